The van der Waals surface area contributed by atoms with E-state index in [0.717, 1.165) is 15.8 Å². The van der Waals surface area contributed by atoms with E-state index < -0.39 is 11.6 Å². The predicted octanol–water partition coefficient (Wildman–Crippen LogP) is 3.03. The summed E-state index contributed by atoms with van der Waals surface area (Å²) >= 11 is 1.59. The molecule has 0 aliphatic heterocycles. The summed E-state index contributed by atoms with van der Waals surface area (Å²) in [6.45, 7) is 9.33. The van der Waals surface area contributed by atoms with E-state index in [4.69, 9.17) is 9.47 Å². The van der Waals surface area contributed by atoms with Gasteiger partial charge in [-0.15, -0.1) is 11.3 Å². The average Bonchev–Trinajstić information content (AvgIpc) is 2.61. The molecule has 0 saturated heterocycles. The molecule has 0 saturated carbocycles. The van der Waals surface area contributed by atoms with Crippen molar-refractivity contribution < 1.29 is 14.3 Å². The number of ether oxygens (including phenoxy) is 2. The zero-order valence-corrected chi connectivity index (χ0v) is 13.1. The Morgan fingerprint density at radius 2 is 2.00 bits per heavy atom. The Bertz CT molecular complexity index is 644. The number of hydrogen-bond acceptors (Lipinski definition) is 6. The maximum absolute atomic E-state index is 11.7. The maximum atomic E-state index is 11.7. The summed E-state index contributed by atoms with van der Waals surface area (Å²) in [5.41, 5.74) is 0.570. The number of aromatic nitrogens is 2. The van der Waals surface area contributed by atoms with Crippen molar-refractivity contribution in [1.29, 1.82) is 0 Å². The van der Waals surface area contributed by atoms with E-state index in [2.05, 4.69) is 9.97 Å². The lowest BCUT2D eigenvalue weighted by Gasteiger charge is -2.19. The maximum Gasteiger partial charge on any atom is 0.344 e. The molecule has 2 aromatic heterocycles. The van der Waals surface area contributed by atoms with Gasteiger partial charge in [0.15, 0.2) is 6.61 Å². The van der Waals surface area contributed by atoms with Crippen LogP contribution in [0, 0.1) is 13.8 Å². The van der Waals surface area contributed by atoms with Crippen molar-refractivity contribution in [2.75, 3.05) is 6.61 Å². The summed E-state index contributed by atoms with van der Waals surface area (Å²) in [5, 5.41) is 0.874. The van der Waals surface area contributed by atoms with Crippen LogP contribution in [-0.2, 0) is 9.53 Å². The molecule has 108 valence electrons. The van der Waals surface area contributed by atoms with Gasteiger partial charge in [0.1, 0.15) is 16.8 Å². The third-order valence-corrected chi connectivity index (χ3v) is 3.79. The van der Waals surface area contributed by atoms with Crippen LogP contribution in [0.4, 0.5) is 0 Å². The van der Waals surface area contributed by atoms with Crippen molar-refractivity contribution in [1.82, 2.24) is 9.97 Å². The molecule has 20 heavy (non-hydrogen) atoms. The van der Waals surface area contributed by atoms with Crippen LogP contribution < -0.4 is 4.74 Å². The van der Waals surface area contributed by atoms with Crippen LogP contribution in [0.2, 0.25) is 0 Å². The molecule has 0 aliphatic carbocycles. The number of nitrogens with zero attached hydrogens (tertiary/aromatic N) is 2. The average molecular weight is 294 g/mol. The zero-order valence-electron chi connectivity index (χ0n) is 12.3. The monoisotopic (exact) mass is 294 g/mol. The van der Waals surface area contributed by atoms with Crippen LogP contribution >= 0.6 is 11.3 Å². The van der Waals surface area contributed by atoms with E-state index in [-0.39, 0.29) is 6.61 Å². The molecule has 0 atom stereocenters. The second-order valence-corrected chi connectivity index (χ2v) is 6.72. The minimum Gasteiger partial charge on any atom is -0.465 e. The Morgan fingerprint density at radius 1 is 1.30 bits per heavy atom. The second-order valence-electron chi connectivity index (χ2n) is 5.52. The molecular weight excluding hydrogens is 276 g/mol. The van der Waals surface area contributed by atoms with E-state index in [1.54, 1.807) is 11.3 Å². The highest BCUT2D eigenvalue weighted by Crippen LogP contribution is 2.33. The van der Waals surface area contributed by atoms with Crippen molar-refractivity contribution >= 4 is 27.5 Å². The van der Waals surface area contributed by atoms with Gasteiger partial charge in [-0.1, -0.05) is 0 Å². The van der Waals surface area contributed by atoms with Gasteiger partial charge in [-0.25, -0.2) is 14.8 Å². The number of aryl methyl sites for hydroxylation is 2. The molecule has 2 aromatic rings. The van der Waals surface area contributed by atoms with Crippen molar-refractivity contribution in [2.24, 2.45) is 0 Å². The minimum atomic E-state index is -0.518. The molecule has 2 rings (SSSR count). The summed E-state index contributed by atoms with van der Waals surface area (Å²) in [4.78, 5) is 22.0. The van der Waals surface area contributed by atoms with Gasteiger partial charge in [0.25, 0.3) is 0 Å². The number of rotatable bonds is 3. The summed E-state index contributed by atoms with van der Waals surface area (Å²) in [5.74, 6) is 0.0246. The molecule has 0 radical (unpaired) electrons. The highest BCUT2D eigenvalue weighted by molar-refractivity contribution is 7.18. The Kier molecular flexibility index (Phi) is 3.94. The van der Waals surface area contributed by atoms with Crippen molar-refractivity contribution in [3.63, 3.8) is 0 Å². The fourth-order valence-electron chi connectivity index (χ4n) is 1.76. The van der Waals surface area contributed by atoms with Crippen LogP contribution in [0.5, 0.6) is 5.88 Å². The van der Waals surface area contributed by atoms with Crippen molar-refractivity contribution in [2.45, 2.75) is 40.2 Å². The molecular formula is C14H18N2O3S. The number of fused-ring (bicyclic) bond motifs is 1. The van der Waals surface area contributed by atoms with Gasteiger partial charge in [-0.3, -0.25) is 0 Å². The van der Waals surface area contributed by atoms with Crippen LogP contribution in [-0.4, -0.2) is 28.1 Å². The highest BCUT2D eigenvalue weighted by Gasteiger charge is 2.18. The normalized spacial score (nSPS) is 11.7. The van der Waals surface area contributed by atoms with Gasteiger partial charge in [0.2, 0.25) is 5.88 Å². The fraction of sp³-hybridized carbons (Fsp3) is 0.500. The Labute approximate surface area is 122 Å². The summed E-state index contributed by atoms with van der Waals surface area (Å²) in [6, 6.07) is 0. The predicted molar refractivity (Wildman–Crippen MR) is 78.2 cm³/mol. The zero-order chi connectivity index (χ0) is 14.9. The molecule has 0 aliphatic rings. The third-order valence-electron chi connectivity index (χ3n) is 2.68. The van der Waals surface area contributed by atoms with Crippen LogP contribution in [0.3, 0.4) is 0 Å². The van der Waals surface area contributed by atoms with E-state index in [9.17, 15) is 4.79 Å². The van der Waals surface area contributed by atoms with Gasteiger partial charge < -0.3 is 9.47 Å². The summed E-state index contributed by atoms with van der Waals surface area (Å²) in [6.07, 6.45) is 1.45. The standard InChI is InChI=1S/C14H18N2O3S/c1-8-9(2)20-13-11(8)12(15-7-16-13)18-6-10(17)19-14(3,4)5/h7H,6H2,1-5H3. The van der Waals surface area contributed by atoms with E-state index >= 15 is 0 Å². The Morgan fingerprint density at radius 3 is 2.65 bits per heavy atom. The first-order chi connectivity index (χ1) is 9.28. The summed E-state index contributed by atoms with van der Waals surface area (Å²) < 4.78 is 10.7. The molecule has 0 spiro atoms. The molecule has 0 fully saturated rings. The van der Waals surface area contributed by atoms with Crippen LogP contribution in [0.25, 0.3) is 10.2 Å². The number of esters is 1. The fourth-order valence-corrected chi connectivity index (χ4v) is 2.75. The summed E-state index contributed by atoms with van der Waals surface area (Å²) in [7, 11) is 0. The number of carbonyl (C=O) groups is 1. The SMILES string of the molecule is Cc1sc2ncnc(OCC(=O)OC(C)(C)C)c2c1C. The molecule has 2 heterocycles. The molecule has 0 bridgehead atoms. The topological polar surface area (TPSA) is 61.3 Å². The molecule has 0 amide bonds. The largest absolute Gasteiger partial charge is 0.465 e. The van der Waals surface area contributed by atoms with Crippen molar-refractivity contribution in [3.05, 3.63) is 16.8 Å². The van der Waals surface area contributed by atoms with Gasteiger partial charge in [0.05, 0.1) is 5.39 Å². The highest BCUT2D eigenvalue weighted by atomic mass is 32.1. The van der Waals surface area contributed by atoms with E-state index in [1.807, 2.05) is 34.6 Å². The first kappa shape index (κ1) is 14.7. The van der Waals surface area contributed by atoms with E-state index in [0.29, 0.717) is 5.88 Å². The molecule has 0 aromatic carbocycles. The smallest absolute Gasteiger partial charge is 0.344 e. The quantitative estimate of drug-likeness (QED) is 0.814. The molecule has 0 N–H and O–H groups in total. The van der Waals surface area contributed by atoms with Gasteiger partial charge in [0, 0.05) is 4.88 Å². The lowest BCUT2D eigenvalue weighted by Crippen LogP contribution is -2.27. The lowest BCUT2D eigenvalue weighted by molar-refractivity contribution is -0.157. The van der Waals surface area contributed by atoms with Gasteiger partial charge in [-0.2, -0.15) is 0 Å². The number of thiophene rings is 1. The number of carbonyl (C=O) groups excluding carboxylic acids is 1. The minimum absolute atomic E-state index is 0.155. The van der Waals surface area contributed by atoms with E-state index in [1.165, 1.54) is 11.2 Å². The van der Waals surface area contributed by atoms with Gasteiger partial charge in [-0.05, 0) is 40.2 Å². The molecule has 5 nitrogen and oxygen atoms in total. The van der Waals surface area contributed by atoms with Crippen LogP contribution in [0.1, 0.15) is 31.2 Å². The molecule has 6 heteroatoms. The lowest BCUT2D eigenvalue weighted by atomic mass is 10.2. The Balaban J connectivity index is 2.16. The van der Waals surface area contributed by atoms with Gasteiger partial charge >= 0.3 is 5.97 Å². The number of hydrogen-bond donors (Lipinski definition) is 0. The molecule has 0 unspecified atom stereocenters. The first-order valence-electron chi connectivity index (χ1n) is 6.33. The third kappa shape index (κ3) is 3.25. The Hall–Kier alpha value is -1.69. The van der Waals surface area contributed by atoms with Crippen molar-refractivity contribution in [3.8, 4) is 5.88 Å². The van der Waals surface area contributed by atoms with Crippen LogP contribution in [0.15, 0.2) is 6.33 Å². The first-order valence-corrected chi connectivity index (χ1v) is 7.15. The second kappa shape index (κ2) is 5.36.